The molecule has 2 atom stereocenters. The van der Waals surface area contributed by atoms with Crippen molar-refractivity contribution in [3.63, 3.8) is 0 Å². The van der Waals surface area contributed by atoms with Gasteiger partial charge in [-0.3, -0.25) is 0 Å². The molecule has 0 radical (unpaired) electrons. The normalized spacial score (nSPS) is 17.6. The monoisotopic (exact) mass is 416 g/mol. The molecular formula is C25H25ClN4. The van der Waals surface area contributed by atoms with E-state index in [0.29, 0.717) is 5.56 Å². The lowest BCUT2D eigenvalue weighted by Gasteiger charge is -2.23. The van der Waals surface area contributed by atoms with Gasteiger partial charge in [-0.1, -0.05) is 48.4 Å². The van der Waals surface area contributed by atoms with Crippen LogP contribution in [0.25, 0.3) is 5.57 Å². The van der Waals surface area contributed by atoms with Crippen LogP contribution in [0.3, 0.4) is 0 Å². The highest BCUT2D eigenvalue weighted by molar-refractivity contribution is 6.30. The van der Waals surface area contributed by atoms with Crippen molar-refractivity contribution in [3.8, 4) is 6.07 Å². The molecule has 30 heavy (non-hydrogen) atoms. The summed E-state index contributed by atoms with van der Waals surface area (Å²) in [5.41, 5.74) is 5.51. The van der Waals surface area contributed by atoms with Crippen LogP contribution in [0.1, 0.15) is 54.1 Å². The molecule has 1 heterocycles. The Hall–Kier alpha value is -2.87. The summed E-state index contributed by atoms with van der Waals surface area (Å²) in [6.45, 7) is 0. The topological polar surface area (TPSA) is 64.5 Å². The molecule has 0 fully saturated rings. The van der Waals surface area contributed by atoms with Gasteiger partial charge >= 0.3 is 0 Å². The van der Waals surface area contributed by atoms with Crippen molar-refractivity contribution in [2.45, 2.75) is 44.2 Å². The molecule has 2 N–H and O–H groups in total. The number of H-pyrrole nitrogens is 1. The van der Waals surface area contributed by atoms with Crippen molar-refractivity contribution in [3.05, 3.63) is 94.5 Å². The third-order valence-corrected chi connectivity index (χ3v) is 5.88. The molecular weight excluding hydrogens is 392 g/mol. The van der Waals surface area contributed by atoms with E-state index in [1.807, 2.05) is 42.6 Å². The highest BCUT2D eigenvalue weighted by Crippen LogP contribution is 2.29. The fourth-order valence-electron chi connectivity index (χ4n) is 4.07. The molecule has 2 unspecified atom stereocenters. The molecule has 152 valence electrons. The second-order valence-corrected chi connectivity index (χ2v) is 8.23. The minimum absolute atomic E-state index is 0.111. The van der Waals surface area contributed by atoms with Crippen LogP contribution in [-0.4, -0.2) is 16.0 Å². The van der Waals surface area contributed by atoms with Gasteiger partial charge in [-0.05, 0) is 66.6 Å². The molecule has 4 rings (SSSR count). The van der Waals surface area contributed by atoms with Gasteiger partial charge in [0, 0.05) is 17.3 Å². The minimum atomic E-state index is 0.111. The molecule has 0 amide bonds. The molecule has 4 nitrogen and oxygen atoms in total. The van der Waals surface area contributed by atoms with Crippen LogP contribution in [0.2, 0.25) is 5.02 Å². The molecule has 2 aromatic carbocycles. The summed E-state index contributed by atoms with van der Waals surface area (Å²) in [4.78, 5) is 7.50. The smallest absolute Gasteiger partial charge is 0.0991 e. The second-order valence-electron chi connectivity index (χ2n) is 7.79. The minimum Gasteiger partial charge on any atom is -0.347 e. The van der Waals surface area contributed by atoms with Crippen molar-refractivity contribution in [1.29, 1.82) is 5.26 Å². The highest BCUT2D eigenvalue weighted by atomic mass is 35.5. The van der Waals surface area contributed by atoms with Crippen LogP contribution in [0.5, 0.6) is 0 Å². The fourth-order valence-corrected chi connectivity index (χ4v) is 4.27. The number of nitrogens with one attached hydrogen (secondary N) is 2. The number of aromatic amines is 1. The lowest BCUT2D eigenvalue weighted by Crippen LogP contribution is -2.33. The van der Waals surface area contributed by atoms with Gasteiger partial charge in [0.25, 0.3) is 0 Å². The number of aromatic nitrogens is 2. The molecule has 0 saturated carbocycles. The van der Waals surface area contributed by atoms with E-state index in [4.69, 9.17) is 16.9 Å². The first kappa shape index (κ1) is 20.4. The Morgan fingerprint density at radius 3 is 2.80 bits per heavy atom. The van der Waals surface area contributed by atoms with E-state index in [0.717, 1.165) is 30.0 Å². The summed E-state index contributed by atoms with van der Waals surface area (Å²) in [5, 5.41) is 13.7. The maximum Gasteiger partial charge on any atom is 0.0991 e. The van der Waals surface area contributed by atoms with Crippen molar-refractivity contribution in [2.24, 2.45) is 0 Å². The zero-order valence-electron chi connectivity index (χ0n) is 16.8. The average Bonchev–Trinajstić information content (AvgIpc) is 3.20. The Balaban J connectivity index is 1.56. The van der Waals surface area contributed by atoms with Gasteiger partial charge in [-0.25, -0.2) is 4.98 Å². The summed E-state index contributed by atoms with van der Waals surface area (Å²) < 4.78 is 0. The van der Waals surface area contributed by atoms with E-state index < -0.39 is 0 Å². The maximum atomic E-state index is 9.05. The van der Waals surface area contributed by atoms with E-state index in [-0.39, 0.29) is 12.1 Å². The van der Waals surface area contributed by atoms with Gasteiger partial charge in [0.2, 0.25) is 0 Å². The lowest BCUT2D eigenvalue weighted by molar-refractivity contribution is 0.449. The largest absolute Gasteiger partial charge is 0.347 e. The summed E-state index contributed by atoms with van der Waals surface area (Å²) >= 11 is 6.23. The lowest BCUT2D eigenvalue weighted by atomic mass is 9.99. The number of imidazole rings is 1. The predicted molar refractivity (Wildman–Crippen MR) is 121 cm³/mol. The number of hydrogen-bond donors (Lipinski definition) is 2. The van der Waals surface area contributed by atoms with Crippen LogP contribution in [0, 0.1) is 11.3 Å². The molecule has 1 aliphatic rings. The van der Waals surface area contributed by atoms with Crippen molar-refractivity contribution in [1.82, 2.24) is 15.3 Å². The Labute approximate surface area is 182 Å². The van der Waals surface area contributed by atoms with E-state index in [9.17, 15) is 0 Å². The molecule has 1 aromatic heterocycles. The predicted octanol–water partition coefficient (Wildman–Crippen LogP) is 5.83. The maximum absolute atomic E-state index is 9.05. The Morgan fingerprint density at radius 1 is 1.20 bits per heavy atom. The Bertz CT molecular complexity index is 1030. The molecule has 3 aromatic rings. The SMILES string of the molecule is N#Cc1ccc(CC(NC2C=C(c3cccc(Cl)c3)CCCC2)c2cnc[nH]2)cc1. The number of nitrogens with zero attached hydrogens (tertiary/aromatic N) is 2. The van der Waals surface area contributed by atoms with Gasteiger partial charge in [-0.2, -0.15) is 5.26 Å². The average molecular weight is 417 g/mol. The summed E-state index contributed by atoms with van der Waals surface area (Å²) in [5.74, 6) is 0. The molecule has 0 aliphatic heterocycles. The molecule has 5 heteroatoms. The fraction of sp³-hybridized carbons (Fsp3) is 0.280. The number of benzene rings is 2. The third-order valence-electron chi connectivity index (χ3n) is 5.64. The summed E-state index contributed by atoms with van der Waals surface area (Å²) in [7, 11) is 0. The zero-order chi connectivity index (χ0) is 20.8. The van der Waals surface area contributed by atoms with Crippen molar-refractivity contribution < 1.29 is 0 Å². The standard InChI is InChI=1S/C25H25ClN4/c26-22-6-3-5-20(13-22)21-4-1-2-7-23(14-21)30-24(25-16-28-17-29-25)12-18-8-10-19(15-27)11-9-18/h3,5-6,8-11,13-14,16-17,23-24,30H,1-2,4,7,12H2,(H,28,29). The van der Waals surface area contributed by atoms with Gasteiger partial charge < -0.3 is 10.3 Å². The first-order valence-corrected chi connectivity index (χ1v) is 10.8. The molecule has 0 saturated heterocycles. The number of rotatable bonds is 6. The second kappa shape index (κ2) is 9.75. The number of allylic oxidation sites excluding steroid dienone is 1. The van der Waals surface area contributed by atoms with Gasteiger partial charge in [0.1, 0.15) is 0 Å². The molecule has 1 aliphatic carbocycles. The Morgan fingerprint density at radius 2 is 2.07 bits per heavy atom. The van der Waals surface area contributed by atoms with Crippen molar-refractivity contribution in [2.75, 3.05) is 0 Å². The first-order valence-electron chi connectivity index (χ1n) is 10.4. The number of hydrogen-bond acceptors (Lipinski definition) is 3. The van der Waals surface area contributed by atoms with Crippen LogP contribution in [0.4, 0.5) is 0 Å². The van der Waals surface area contributed by atoms with Crippen LogP contribution in [0.15, 0.2) is 67.1 Å². The number of nitriles is 1. The van der Waals surface area contributed by atoms with E-state index in [1.54, 1.807) is 6.33 Å². The van der Waals surface area contributed by atoms with E-state index in [1.165, 1.54) is 29.5 Å². The molecule has 0 spiro atoms. The van der Waals surface area contributed by atoms with Gasteiger partial charge in [0.15, 0.2) is 0 Å². The number of halogens is 1. The van der Waals surface area contributed by atoms with Crippen LogP contribution < -0.4 is 5.32 Å². The summed E-state index contributed by atoms with van der Waals surface area (Å²) in [6, 6.07) is 18.5. The summed E-state index contributed by atoms with van der Waals surface area (Å²) in [6.07, 6.45) is 11.4. The van der Waals surface area contributed by atoms with Crippen LogP contribution >= 0.6 is 11.6 Å². The van der Waals surface area contributed by atoms with E-state index in [2.05, 4.69) is 39.6 Å². The first-order chi connectivity index (χ1) is 14.7. The Kier molecular flexibility index (Phi) is 6.63. The molecule has 0 bridgehead atoms. The zero-order valence-corrected chi connectivity index (χ0v) is 17.6. The van der Waals surface area contributed by atoms with Crippen LogP contribution in [-0.2, 0) is 6.42 Å². The quantitative estimate of drug-likeness (QED) is 0.531. The third kappa shape index (κ3) is 5.18. The highest BCUT2D eigenvalue weighted by Gasteiger charge is 2.20. The van der Waals surface area contributed by atoms with Gasteiger partial charge in [-0.15, -0.1) is 0 Å². The van der Waals surface area contributed by atoms with E-state index >= 15 is 0 Å². The van der Waals surface area contributed by atoms with Gasteiger partial charge in [0.05, 0.1) is 29.7 Å². The van der Waals surface area contributed by atoms with Crippen molar-refractivity contribution >= 4 is 17.2 Å².